The highest BCUT2D eigenvalue weighted by Gasteiger charge is 2.06. The number of ether oxygens (including phenoxy) is 2. The van der Waals surface area contributed by atoms with Gasteiger partial charge in [-0.25, -0.2) is 0 Å². The van der Waals surface area contributed by atoms with Gasteiger partial charge in [0.05, 0.1) is 13.2 Å². The van der Waals surface area contributed by atoms with Gasteiger partial charge in [0.2, 0.25) is 0 Å². The van der Waals surface area contributed by atoms with Gasteiger partial charge < -0.3 is 14.8 Å². The minimum atomic E-state index is 0.0637. The highest BCUT2D eigenvalue weighted by Crippen LogP contribution is 2.20. The van der Waals surface area contributed by atoms with Gasteiger partial charge in [0.15, 0.2) is 0 Å². The van der Waals surface area contributed by atoms with Crippen LogP contribution < -0.4 is 14.8 Å². The van der Waals surface area contributed by atoms with Crippen molar-refractivity contribution in [1.29, 1.82) is 0 Å². The summed E-state index contributed by atoms with van der Waals surface area (Å²) in [6.45, 7) is 5.52. The fourth-order valence-electron chi connectivity index (χ4n) is 2.84. The molecule has 0 aliphatic carbocycles. The highest BCUT2D eigenvalue weighted by atomic mass is 16.5. The van der Waals surface area contributed by atoms with E-state index in [-0.39, 0.29) is 6.10 Å². The molecule has 0 aliphatic rings. The molecular weight excluding hydrogens is 334 g/mol. The largest absolute Gasteiger partial charge is 0.493 e. The van der Waals surface area contributed by atoms with Crippen LogP contribution in [0.2, 0.25) is 0 Å². The molecular formula is C24H27NO2. The molecule has 0 heterocycles. The first kappa shape index (κ1) is 18.8. The Labute approximate surface area is 162 Å². The van der Waals surface area contributed by atoms with Crippen LogP contribution in [-0.2, 0) is 6.42 Å². The second-order valence-corrected chi connectivity index (χ2v) is 6.69. The number of hydrogen-bond acceptors (Lipinski definition) is 3. The molecule has 0 bridgehead atoms. The van der Waals surface area contributed by atoms with Gasteiger partial charge in [0, 0.05) is 18.2 Å². The third-order valence-corrected chi connectivity index (χ3v) is 4.35. The molecule has 3 aromatic rings. The first-order valence-corrected chi connectivity index (χ1v) is 9.43. The minimum absolute atomic E-state index is 0.0637. The Morgan fingerprint density at radius 1 is 0.889 bits per heavy atom. The molecule has 0 radical (unpaired) electrons. The summed E-state index contributed by atoms with van der Waals surface area (Å²) >= 11 is 0. The summed E-state index contributed by atoms with van der Waals surface area (Å²) in [6, 6.07) is 26.6. The summed E-state index contributed by atoms with van der Waals surface area (Å²) in [5.41, 5.74) is 3.47. The van der Waals surface area contributed by atoms with Crippen LogP contribution in [0.1, 0.15) is 18.1 Å². The minimum Gasteiger partial charge on any atom is -0.493 e. The molecule has 0 aliphatic heterocycles. The van der Waals surface area contributed by atoms with Crippen molar-refractivity contribution in [2.24, 2.45) is 0 Å². The lowest BCUT2D eigenvalue weighted by Crippen LogP contribution is -2.23. The molecule has 3 aromatic carbocycles. The van der Waals surface area contributed by atoms with Gasteiger partial charge in [0.25, 0.3) is 0 Å². The normalized spacial score (nSPS) is 11.6. The van der Waals surface area contributed by atoms with Crippen molar-refractivity contribution in [3.8, 4) is 11.5 Å². The van der Waals surface area contributed by atoms with Crippen LogP contribution in [-0.4, -0.2) is 19.3 Å². The van der Waals surface area contributed by atoms with E-state index in [2.05, 4.69) is 49.5 Å². The second kappa shape index (κ2) is 9.67. The Balaban J connectivity index is 1.46. The average Bonchev–Trinajstić information content (AvgIpc) is 2.69. The number of nitrogens with one attached hydrogen (secondary N) is 1. The van der Waals surface area contributed by atoms with Crippen molar-refractivity contribution >= 4 is 5.69 Å². The summed E-state index contributed by atoms with van der Waals surface area (Å²) < 4.78 is 11.9. The summed E-state index contributed by atoms with van der Waals surface area (Å²) in [7, 11) is 0. The maximum absolute atomic E-state index is 6.02. The molecule has 27 heavy (non-hydrogen) atoms. The second-order valence-electron chi connectivity index (χ2n) is 6.69. The molecule has 1 N–H and O–H groups in total. The third kappa shape index (κ3) is 6.07. The van der Waals surface area contributed by atoms with E-state index in [1.54, 1.807) is 0 Å². The van der Waals surface area contributed by atoms with E-state index >= 15 is 0 Å². The Hall–Kier alpha value is -2.94. The predicted molar refractivity (Wildman–Crippen MR) is 112 cm³/mol. The Bertz CT molecular complexity index is 833. The molecule has 3 nitrogen and oxygen atoms in total. The lowest BCUT2D eigenvalue weighted by atomic mass is 10.2. The maximum atomic E-state index is 6.02. The van der Waals surface area contributed by atoms with E-state index in [9.17, 15) is 0 Å². The first-order chi connectivity index (χ1) is 13.2. The van der Waals surface area contributed by atoms with Gasteiger partial charge in [-0.05, 0) is 43.2 Å². The molecule has 0 saturated heterocycles. The molecule has 3 heteroatoms. The SMILES string of the molecule is Cc1ccccc1OC(C)CNc1cccc(OCCc2ccccc2)c1. The fraction of sp³-hybridized carbons (Fsp3) is 0.250. The Morgan fingerprint density at radius 3 is 2.48 bits per heavy atom. The molecule has 0 amide bonds. The van der Waals surface area contributed by atoms with Crippen molar-refractivity contribution in [3.05, 3.63) is 90.0 Å². The van der Waals surface area contributed by atoms with Crippen LogP contribution in [0.4, 0.5) is 5.69 Å². The van der Waals surface area contributed by atoms with E-state index in [1.807, 2.05) is 48.5 Å². The maximum Gasteiger partial charge on any atom is 0.122 e. The van der Waals surface area contributed by atoms with E-state index in [0.717, 1.165) is 35.7 Å². The molecule has 3 rings (SSSR count). The lowest BCUT2D eigenvalue weighted by molar-refractivity contribution is 0.233. The standard InChI is InChI=1S/C24H27NO2/c1-19-9-6-7-14-24(19)27-20(2)18-25-22-12-8-13-23(17-22)26-16-15-21-10-4-3-5-11-21/h3-14,17,20,25H,15-16,18H2,1-2H3. The van der Waals surface area contributed by atoms with Crippen LogP contribution in [0.3, 0.4) is 0 Å². The summed E-state index contributed by atoms with van der Waals surface area (Å²) in [5, 5.41) is 3.43. The highest BCUT2D eigenvalue weighted by molar-refractivity contribution is 5.48. The summed E-state index contributed by atoms with van der Waals surface area (Å²) in [6.07, 6.45) is 0.966. The third-order valence-electron chi connectivity index (χ3n) is 4.35. The van der Waals surface area contributed by atoms with Crippen molar-refractivity contribution in [1.82, 2.24) is 0 Å². The van der Waals surface area contributed by atoms with Gasteiger partial charge in [0.1, 0.15) is 17.6 Å². The zero-order valence-electron chi connectivity index (χ0n) is 16.0. The first-order valence-electron chi connectivity index (χ1n) is 9.43. The zero-order chi connectivity index (χ0) is 18.9. The van der Waals surface area contributed by atoms with Crippen LogP contribution in [0.25, 0.3) is 0 Å². The topological polar surface area (TPSA) is 30.5 Å². The smallest absolute Gasteiger partial charge is 0.122 e. The van der Waals surface area contributed by atoms with Gasteiger partial charge in [-0.2, -0.15) is 0 Å². The summed E-state index contributed by atoms with van der Waals surface area (Å²) in [4.78, 5) is 0. The van der Waals surface area contributed by atoms with Crippen molar-refractivity contribution in [3.63, 3.8) is 0 Å². The average molecular weight is 361 g/mol. The van der Waals surface area contributed by atoms with Gasteiger partial charge in [-0.15, -0.1) is 0 Å². The fourth-order valence-corrected chi connectivity index (χ4v) is 2.84. The quantitative estimate of drug-likeness (QED) is 0.546. The van der Waals surface area contributed by atoms with E-state index in [1.165, 1.54) is 5.56 Å². The molecule has 0 saturated carbocycles. The molecule has 0 aromatic heterocycles. The number of hydrogen-bond donors (Lipinski definition) is 1. The van der Waals surface area contributed by atoms with Gasteiger partial charge in [-0.3, -0.25) is 0 Å². The number of anilines is 1. The van der Waals surface area contributed by atoms with Crippen LogP contribution in [0.5, 0.6) is 11.5 Å². The van der Waals surface area contributed by atoms with Gasteiger partial charge >= 0.3 is 0 Å². The number of benzene rings is 3. The molecule has 0 fully saturated rings. The zero-order valence-corrected chi connectivity index (χ0v) is 16.0. The Morgan fingerprint density at radius 2 is 1.67 bits per heavy atom. The molecule has 0 spiro atoms. The monoisotopic (exact) mass is 361 g/mol. The van der Waals surface area contributed by atoms with E-state index < -0.39 is 0 Å². The lowest BCUT2D eigenvalue weighted by Gasteiger charge is -2.18. The van der Waals surface area contributed by atoms with Crippen LogP contribution >= 0.6 is 0 Å². The van der Waals surface area contributed by atoms with Crippen LogP contribution in [0.15, 0.2) is 78.9 Å². The van der Waals surface area contributed by atoms with Crippen molar-refractivity contribution in [2.45, 2.75) is 26.4 Å². The van der Waals surface area contributed by atoms with Crippen molar-refractivity contribution in [2.75, 3.05) is 18.5 Å². The number of rotatable bonds is 9. The number of para-hydroxylation sites is 1. The summed E-state index contributed by atoms with van der Waals surface area (Å²) in [5.74, 6) is 1.81. The predicted octanol–water partition coefficient (Wildman–Crippen LogP) is 5.50. The van der Waals surface area contributed by atoms with Crippen molar-refractivity contribution < 1.29 is 9.47 Å². The van der Waals surface area contributed by atoms with Crippen LogP contribution in [0, 0.1) is 6.92 Å². The van der Waals surface area contributed by atoms with E-state index in [4.69, 9.17) is 9.47 Å². The molecule has 1 unspecified atom stereocenters. The molecule has 1 atom stereocenters. The Kier molecular flexibility index (Phi) is 6.75. The number of aryl methyl sites for hydroxylation is 1. The van der Waals surface area contributed by atoms with E-state index in [0.29, 0.717) is 6.61 Å². The molecule has 140 valence electrons. The van der Waals surface area contributed by atoms with Gasteiger partial charge in [-0.1, -0.05) is 54.6 Å².